The van der Waals surface area contributed by atoms with E-state index in [1.807, 2.05) is 6.92 Å². The van der Waals surface area contributed by atoms with Crippen LogP contribution in [0.4, 0.5) is 0 Å². The molecule has 0 unspecified atom stereocenters. The van der Waals surface area contributed by atoms with E-state index in [2.05, 4.69) is 51.1 Å². The molecule has 0 aliphatic carbocycles. The van der Waals surface area contributed by atoms with Gasteiger partial charge in [0.25, 0.3) is 0 Å². The Morgan fingerprint density at radius 1 is 1.29 bits per heavy atom. The molecule has 1 aromatic carbocycles. The lowest BCUT2D eigenvalue weighted by Crippen LogP contribution is -1.87. The molecule has 14 heavy (non-hydrogen) atoms. The van der Waals surface area contributed by atoms with Gasteiger partial charge in [0.2, 0.25) is 0 Å². The highest BCUT2D eigenvalue weighted by Gasteiger charge is 1.91. The summed E-state index contributed by atoms with van der Waals surface area (Å²) in [6.45, 7) is 8.95. The van der Waals surface area contributed by atoms with Gasteiger partial charge in [0.15, 0.2) is 0 Å². The van der Waals surface area contributed by atoms with Crippen LogP contribution in [-0.4, -0.2) is 6.54 Å². The van der Waals surface area contributed by atoms with Gasteiger partial charge in [-0.3, -0.25) is 0 Å². The molecule has 1 heteroatoms. The molecule has 0 radical (unpaired) electrons. The fourth-order valence-corrected chi connectivity index (χ4v) is 0.983. The first-order valence-corrected chi connectivity index (χ1v) is 5.05. The number of benzene rings is 1. The smallest absolute Gasteiger partial charge is 0.0106 e. The van der Waals surface area contributed by atoms with Crippen molar-refractivity contribution in [3.05, 3.63) is 41.5 Å². The molecule has 0 heterocycles. The average Bonchev–Trinajstić information content (AvgIpc) is 2.19. The van der Waals surface area contributed by atoms with Crippen molar-refractivity contribution in [1.82, 2.24) is 0 Å². The largest absolute Gasteiger partial charge is 0.331 e. The van der Waals surface area contributed by atoms with E-state index in [1.165, 1.54) is 16.7 Å². The van der Waals surface area contributed by atoms with Gasteiger partial charge < -0.3 is 5.73 Å². The standard InChI is InChI=1S/C11H14.C2H7N/c1-4-10(3)11-7-5-9(2)6-8-11;1-2-3/h4-8H,1-3H3;2-3H2,1H3/b10-4+;. The Morgan fingerprint density at radius 3 is 2.07 bits per heavy atom. The summed E-state index contributed by atoms with van der Waals surface area (Å²) < 4.78 is 0. The van der Waals surface area contributed by atoms with Crippen LogP contribution in [0, 0.1) is 6.92 Å². The SMILES string of the molecule is C/C=C(\C)c1ccc(C)cc1.CCN. The number of aryl methyl sites for hydroxylation is 1. The molecule has 0 bridgehead atoms. The van der Waals surface area contributed by atoms with Gasteiger partial charge in [-0.2, -0.15) is 0 Å². The van der Waals surface area contributed by atoms with Gasteiger partial charge >= 0.3 is 0 Å². The normalized spacial score (nSPS) is 10.5. The summed E-state index contributed by atoms with van der Waals surface area (Å²) in [5, 5.41) is 0. The number of nitrogens with two attached hydrogens (primary N) is 1. The Bertz CT molecular complexity index is 270. The lowest BCUT2D eigenvalue weighted by atomic mass is 10.1. The Balaban J connectivity index is 0.000000500. The molecule has 0 saturated carbocycles. The van der Waals surface area contributed by atoms with Crippen molar-refractivity contribution in [2.75, 3.05) is 6.54 Å². The molecule has 1 nitrogen and oxygen atoms in total. The van der Waals surface area contributed by atoms with Crippen LogP contribution in [0.2, 0.25) is 0 Å². The minimum Gasteiger partial charge on any atom is -0.331 e. The van der Waals surface area contributed by atoms with E-state index in [0.29, 0.717) is 0 Å². The summed E-state index contributed by atoms with van der Waals surface area (Å²) in [6, 6.07) is 8.60. The molecular weight excluding hydrogens is 170 g/mol. The molecule has 1 aromatic rings. The highest BCUT2D eigenvalue weighted by Crippen LogP contribution is 2.13. The zero-order valence-electron chi connectivity index (χ0n) is 9.67. The number of allylic oxidation sites excluding steroid dienone is 2. The lowest BCUT2D eigenvalue weighted by molar-refractivity contribution is 1.14. The summed E-state index contributed by atoms with van der Waals surface area (Å²) >= 11 is 0. The highest BCUT2D eigenvalue weighted by atomic mass is 14.5. The Labute approximate surface area is 87.6 Å². The zero-order valence-corrected chi connectivity index (χ0v) is 9.67. The van der Waals surface area contributed by atoms with E-state index >= 15 is 0 Å². The van der Waals surface area contributed by atoms with Crippen LogP contribution in [0.5, 0.6) is 0 Å². The number of hydrogen-bond donors (Lipinski definition) is 1. The second-order valence-electron chi connectivity index (χ2n) is 3.25. The van der Waals surface area contributed by atoms with E-state index in [-0.39, 0.29) is 0 Å². The van der Waals surface area contributed by atoms with Gasteiger partial charge in [0.1, 0.15) is 0 Å². The molecule has 1 rings (SSSR count). The third kappa shape index (κ3) is 4.83. The monoisotopic (exact) mass is 191 g/mol. The quantitative estimate of drug-likeness (QED) is 0.723. The second-order valence-corrected chi connectivity index (χ2v) is 3.25. The summed E-state index contributed by atoms with van der Waals surface area (Å²) in [6.07, 6.45) is 2.13. The highest BCUT2D eigenvalue weighted by molar-refractivity contribution is 5.63. The van der Waals surface area contributed by atoms with E-state index in [9.17, 15) is 0 Å². The average molecular weight is 191 g/mol. The van der Waals surface area contributed by atoms with Gasteiger partial charge in [0, 0.05) is 0 Å². The summed E-state index contributed by atoms with van der Waals surface area (Å²) in [5.74, 6) is 0. The van der Waals surface area contributed by atoms with Crippen LogP contribution in [-0.2, 0) is 0 Å². The predicted molar refractivity (Wildman–Crippen MR) is 65.2 cm³/mol. The molecular formula is C13H21N. The third-order valence-electron chi connectivity index (χ3n) is 1.94. The second kappa shape index (κ2) is 7.34. The summed E-state index contributed by atoms with van der Waals surface area (Å²) in [7, 11) is 0. The molecule has 0 atom stereocenters. The van der Waals surface area contributed by atoms with Crippen LogP contribution >= 0.6 is 0 Å². The fraction of sp³-hybridized carbons (Fsp3) is 0.385. The van der Waals surface area contributed by atoms with E-state index in [1.54, 1.807) is 0 Å². The molecule has 0 fully saturated rings. The van der Waals surface area contributed by atoms with Crippen LogP contribution in [0.25, 0.3) is 5.57 Å². The third-order valence-corrected chi connectivity index (χ3v) is 1.94. The predicted octanol–water partition coefficient (Wildman–Crippen LogP) is 3.38. The van der Waals surface area contributed by atoms with Crippen molar-refractivity contribution >= 4 is 5.57 Å². The van der Waals surface area contributed by atoms with E-state index in [0.717, 1.165) is 6.54 Å². The van der Waals surface area contributed by atoms with E-state index < -0.39 is 0 Å². The minimum absolute atomic E-state index is 0.750. The van der Waals surface area contributed by atoms with Crippen molar-refractivity contribution in [3.63, 3.8) is 0 Å². The van der Waals surface area contributed by atoms with Crippen LogP contribution < -0.4 is 5.73 Å². The fourth-order valence-electron chi connectivity index (χ4n) is 0.983. The van der Waals surface area contributed by atoms with Crippen LogP contribution in [0.3, 0.4) is 0 Å². The van der Waals surface area contributed by atoms with Gasteiger partial charge in [-0.05, 0) is 38.5 Å². The zero-order chi connectivity index (χ0) is 11.0. The summed E-state index contributed by atoms with van der Waals surface area (Å²) in [4.78, 5) is 0. The Kier molecular flexibility index (Phi) is 6.77. The van der Waals surface area contributed by atoms with Gasteiger partial charge in [-0.15, -0.1) is 0 Å². The minimum atomic E-state index is 0.750. The van der Waals surface area contributed by atoms with Crippen molar-refractivity contribution in [2.24, 2.45) is 5.73 Å². The molecule has 0 amide bonds. The number of rotatable bonds is 1. The first-order valence-electron chi connectivity index (χ1n) is 5.05. The Morgan fingerprint density at radius 2 is 1.71 bits per heavy atom. The summed E-state index contributed by atoms with van der Waals surface area (Å²) in [5.41, 5.74) is 8.82. The maximum Gasteiger partial charge on any atom is -0.0106 e. The topological polar surface area (TPSA) is 26.0 Å². The molecule has 2 N–H and O–H groups in total. The van der Waals surface area contributed by atoms with Crippen molar-refractivity contribution in [2.45, 2.75) is 27.7 Å². The molecule has 0 spiro atoms. The molecule has 0 aromatic heterocycles. The molecule has 0 aliphatic rings. The Hall–Kier alpha value is -1.08. The maximum absolute atomic E-state index is 4.85. The molecule has 0 aliphatic heterocycles. The van der Waals surface area contributed by atoms with Gasteiger partial charge in [-0.1, -0.05) is 42.8 Å². The van der Waals surface area contributed by atoms with Crippen LogP contribution in [0.1, 0.15) is 31.9 Å². The van der Waals surface area contributed by atoms with Crippen molar-refractivity contribution in [3.8, 4) is 0 Å². The molecule has 0 saturated heterocycles. The van der Waals surface area contributed by atoms with Crippen LogP contribution in [0.15, 0.2) is 30.3 Å². The van der Waals surface area contributed by atoms with Gasteiger partial charge in [-0.25, -0.2) is 0 Å². The number of hydrogen-bond acceptors (Lipinski definition) is 1. The van der Waals surface area contributed by atoms with Crippen molar-refractivity contribution < 1.29 is 0 Å². The maximum atomic E-state index is 4.85. The van der Waals surface area contributed by atoms with Crippen molar-refractivity contribution in [1.29, 1.82) is 0 Å². The molecule has 78 valence electrons. The first kappa shape index (κ1) is 12.9. The van der Waals surface area contributed by atoms with Gasteiger partial charge in [0.05, 0.1) is 0 Å². The lowest BCUT2D eigenvalue weighted by Gasteiger charge is -1.99. The first-order chi connectivity index (χ1) is 6.65. The van der Waals surface area contributed by atoms with E-state index in [4.69, 9.17) is 5.73 Å².